The van der Waals surface area contributed by atoms with Gasteiger partial charge in [-0.15, -0.1) is 0 Å². The van der Waals surface area contributed by atoms with Gasteiger partial charge in [0.1, 0.15) is 0 Å². The molecule has 122 valence electrons. The van der Waals surface area contributed by atoms with Crippen molar-refractivity contribution in [1.29, 1.82) is 0 Å². The lowest BCUT2D eigenvalue weighted by atomic mass is 10.1. The molecule has 1 fully saturated rings. The van der Waals surface area contributed by atoms with Gasteiger partial charge in [0, 0.05) is 37.5 Å². The van der Waals surface area contributed by atoms with Crippen molar-refractivity contribution >= 4 is 23.2 Å². The van der Waals surface area contributed by atoms with Crippen molar-refractivity contribution in [3.63, 3.8) is 0 Å². The van der Waals surface area contributed by atoms with E-state index in [1.165, 1.54) is 34.1 Å². The molecule has 0 spiro atoms. The van der Waals surface area contributed by atoms with Gasteiger partial charge in [-0.1, -0.05) is 30.3 Å². The Morgan fingerprint density at radius 3 is 2.21 bits per heavy atom. The summed E-state index contributed by atoms with van der Waals surface area (Å²) >= 11 is 0. The monoisotopic (exact) mass is 325 g/mol. The van der Waals surface area contributed by atoms with Gasteiger partial charge in [0.15, 0.2) is 0 Å². The first-order valence-electron chi connectivity index (χ1n) is 7.45. The summed E-state index contributed by atoms with van der Waals surface area (Å²) in [5.74, 6) is -1.19. The van der Waals surface area contributed by atoms with Gasteiger partial charge in [-0.2, -0.15) is 0 Å². The van der Waals surface area contributed by atoms with Crippen LogP contribution < -0.4 is 4.90 Å². The van der Waals surface area contributed by atoms with Crippen LogP contribution in [0.3, 0.4) is 0 Å². The molecule has 0 aliphatic carbocycles. The van der Waals surface area contributed by atoms with Gasteiger partial charge in [0.25, 0.3) is 5.69 Å². The molecule has 0 radical (unpaired) electrons. The quantitative estimate of drug-likeness (QED) is 0.489. The third kappa shape index (κ3) is 3.10. The number of nitro benzene ring substituents is 1. The van der Waals surface area contributed by atoms with E-state index in [0.717, 1.165) is 5.56 Å². The minimum absolute atomic E-state index is 0.0553. The zero-order chi connectivity index (χ0) is 17.1. The Balaban J connectivity index is 1.72. The number of rotatable bonds is 4. The van der Waals surface area contributed by atoms with E-state index in [4.69, 9.17) is 0 Å². The maximum Gasteiger partial charge on any atom is 0.316 e. The molecule has 0 aromatic heterocycles. The van der Waals surface area contributed by atoms with Crippen LogP contribution in [-0.2, 0) is 16.1 Å². The molecule has 2 aromatic rings. The molecule has 0 bridgehead atoms. The van der Waals surface area contributed by atoms with Gasteiger partial charge < -0.3 is 9.80 Å². The fourth-order valence-electron chi connectivity index (χ4n) is 2.63. The average molecular weight is 325 g/mol. The number of hydrogen-bond acceptors (Lipinski definition) is 4. The van der Waals surface area contributed by atoms with Crippen molar-refractivity contribution in [3.8, 4) is 0 Å². The highest BCUT2D eigenvalue weighted by atomic mass is 16.6. The molecule has 0 unspecified atom stereocenters. The van der Waals surface area contributed by atoms with Crippen LogP contribution in [0.15, 0.2) is 54.6 Å². The molecule has 1 saturated heterocycles. The van der Waals surface area contributed by atoms with Crippen LogP contribution in [0.1, 0.15) is 5.56 Å². The highest BCUT2D eigenvalue weighted by Gasteiger charge is 2.33. The predicted octanol–water partition coefficient (Wildman–Crippen LogP) is 1.97. The van der Waals surface area contributed by atoms with Gasteiger partial charge in [-0.05, 0) is 17.7 Å². The number of benzene rings is 2. The summed E-state index contributed by atoms with van der Waals surface area (Å²) < 4.78 is 0. The first-order valence-corrected chi connectivity index (χ1v) is 7.45. The predicted molar refractivity (Wildman–Crippen MR) is 87.3 cm³/mol. The molecule has 0 N–H and O–H groups in total. The molecule has 2 aromatic carbocycles. The number of anilines is 1. The van der Waals surface area contributed by atoms with Crippen LogP contribution in [0.25, 0.3) is 0 Å². The Morgan fingerprint density at radius 1 is 0.917 bits per heavy atom. The molecule has 24 heavy (non-hydrogen) atoms. The first-order chi connectivity index (χ1) is 11.6. The Labute approximate surface area is 138 Å². The van der Waals surface area contributed by atoms with Crippen molar-refractivity contribution in [1.82, 2.24) is 4.90 Å². The van der Waals surface area contributed by atoms with E-state index >= 15 is 0 Å². The van der Waals surface area contributed by atoms with Crippen LogP contribution >= 0.6 is 0 Å². The zero-order valence-electron chi connectivity index (χ0n) is 12.8. The van der Waals surface area contributed by atoms with Gasteiger partial charge in [-0.3, -0.25) is 19.7 Å². The summed E-state index contributed by atoms with van der Waals surface area (Å²) in [6.45, 7) is 1.16. The fraction of sp³-hybridized carbons (Fsp3) is 0.176. The third-order valence-corrected chi connectivity index (χ3v) is 3.90. The van der Waals surface area contributed by atoms with E-state index in [-0.39, 0.29) is 5.69 Å². The Hall–Kier alpha value is -3.22. The van der Waals surface area contributed by atoms with Crippen molar-refractivity contribution in [2.45, 2.75) is 6.54 Å². The third-order valence-electron chi connectivity index (χ3n) is 3.90. The van der Waals surface area contributed by atoms with Crippen molar-refractivity contribution in [2.75, 3.05) is 18.0 Å². The number of non-ortho nitro benzene ring substituents is 1. The molecule has 7 nitrogen and oxygen atoms in total. The first kappa shape index (κ1) is 15.7. The summed E-state index contributed by atoms with van der Waals surface area (Å²) in [6.07, 6.45) is 0. The summed E-state index contributed by atoms with van der Waals surface area (Å²) in [5.41, 5.74) is 1.39. The van der Waals surface area contributed by atoms with Crippen LogP contribution in [0, 0.1) is 10.1 Å². The lowest BCUT2D eigenvalue weighted by Crippen LogP contribution is -2.54. The number of hydrogen-bond donors (Lipinski definition) is 0. The summed E-state index contributed by atoms with van der Waals surface area (Å²) in [5, 5.41) is 10.7. The van der Waals surface area contributed by atoms with Crippen LogP contribution in [0.2, 0.25) is 0 Å². The summed E-state index contributed by atoms with van der Waals surface area (Å²) in [7, 11) is 0. The van der Waals surface area contributed by atoms with Gasteiger partial charge in [-0.25, -0.2) is 0 Å². The zero-order valence-corrected chi connectivity index (χ0v) is 12.8. The molecule has 3 rings (SSSR count). The maximum absolute atomic E-state index is 12.3. The second-order valence-corrected chi connectivity index (χ2v) is 5.44. The lowest BCUT2D eigenvalue weighted by molar-refractivity contribution is -0.384. The van der Waals surface area contributed by atoms with Gasteiger partial charge in [0.05, 0.1) is 4.92 Å². The smallest absolute Gasteiger partial charge is 0.316 e. The molecule has 0 saturated carbocycles. The summed E-state index contributed by atoms with van der Waals surface area (Å²) in [4.78, 5) is 37.7. The van der Waals surface area contributed by atoms with E-state index in [1.54, 1.807) is 0 Å². The molecule has 1 aliphatic heterocycles. The number of nitrogens with zero attached hydrogens (tertiary/aromatic N) is 3. The standard InChI is InChI=1S/C17H15N3O4/c21-16-17(22)19(14-6-8-15(9-7-14)20(23)24)11-10-18(16)12-13-4-2-1-3-5-13/h1-9H,10-12H2. The van der Waals surface area contributed by atoms with Crippen molar-refractivity contribution < 1.29 is 14.5 Å². The maximum atomic E-state index is 12.3. The highest BCUT2D eigenvalue weighted by Crippen LogP contribution is 2.22. The molecule has 7 heteroatoms. The minimum Gasteiger partial charge on any atom is -0.328 e. The average Bonchev–Trinajstić information content (AvgIpc) is 2.60. The Bertz CT molecular complexity index is 774. The molecule has 0 atom stereocenters. The highest BCUT2D eigenvalue weighted by molar-refractivity contribution is 6.40. The lowest BCUT2D eigenvalue weighted by Gasteiger charge is -2.33. The van der Waals surface area contributed by atoms with Crippen molar-refractivity contribution in [3.05, 3.63) is 70.3 Å². The molecular weight excluding hydrogens is 310 g/mol. The normalized spacial score (nSPS) is 14.8. The van der Waals surface area contributed by atoms with E-state index in [2.05, 4.69) is 0 Å². The van der Waals surface area contributed by atoms with Gasteiger partial charge >= 0.3 is 11.8 Å². The van der Waals surface area contributed by atoms with Crippen LogP contribution in [0.4, 0.5) is 11.4 Å². The van der Waals surface area contributed by atoms with Crippen molar-refractivity contribution in [2.24, 2.45) is 0 Å². The van der Waals surface area contributed by atoms with Gasteiger partial charge in [0.2, 0.25) is 0 Å². The fourth-order valence-corrected chi connectivity index (χ4v) is 2.63. The van der Waals surface area contributed by atoms with E-state index in [1.807, 2.05) is 30.3 Å². The molecule has 1 heterocycles. The molecule has 1 aliphatic rings. The number of carbonyl (C=O) groups excluding carboxylic acids is 2. The minimum atomic E-state index is -0.619. The topological polar surface area (TPSA) is 83.8 Å². The summed E-state index contributed by atoms with van der Waals surface area (Å²) in [6, 6.07) is 15.1. The number of carbonyl (C=O) groups is 2. The SMILES string of the molecule is O=C1C(=O)N(c2ccc([N+](=O)[O-])cc2)CCN1Cc1ccccc1. The number of piperazine rings is 1. The second-order valence-electron chi connectivity index (χ2n) is 5.44. The molecular formula is C17H15N3O4. The largest absolute Gasteiger partial charge is 0.328 e. The molecule has 2 amide bonds. The van der Waals surface area contributed by atoms with E-state index in [9.17, 15) is 19.7 Å². The van der Waals surface area contributed by atoms with E-state index in [0.29, 0.717) is 25.3 Å². The van der Waals surface area contributed by atoms with E-state index < -0.39 is 16.7 Å². The van der Waals surface area contributed by atoms with Crippen LogP contribution in [0.5, 0.6) is 0 Å². The second kappa shape index (κ2) is 6.49. The Morgan fingerprint density at radius 2 is 1.58 bits per heavy atom. The number of nitro groups is 1. The number of amides is 2. The Kier molecular flexibility index (Phi) is 4.24. The van der Waals surface area contributed by atoms with Crippen LogP contribution in [-0.4, -0.2) is 34.7 Å².